The molecule has 3 rings (SSSR count). The number of fused-ring (bicyclic) bond motifs is 1. The molecular weight excluding hydrogens is 272 g/mol. The van der Waals surface area contributed by atoms with Gasteiger partial charge in [-0.2, -0.15) is 0 Å². The van der Waals surface area contributed by atoms with E-state index < -0.39 is 5.91 Å². The fourth-order valence-corrected chi connectivity index (χ4v) is 2.31. The fraction of sp³-hybridized carbons (Fsp3) is 0.143. The number of imidazole rings is 1. The molecule has 0 aliphatic heterocycles. The van der Waals surface area contributed by atoms with E-state index in [4.69, 9.17) is 10.3 Å². The largest absolute Gasteiger partial charge is 0.458 e. The van der Waals surface area contributed by atoms with Gasteiger partial charge in [0.2, 0.25) is 0 Å². The van der Waals surface area contributed by atoms with Crippen molar-refractivity contribution in [3.8, 4) is 0 Å². The first-order valence-corrected chi connectivity index (χ1v) is 6.35. The van der Waals surface area contributed by atoms with Gasteiger partial charge in [0.05, 0.1) is 12.1 Å². The van der Waals surface area contributed by atoms with Crippen LogP contribution in [-0.4, -0.2) is 15.0 Å². The molecule has 2 aromatic heterocycles. The fourth-order valence-electron chi connectivity index (χ4n) is 2.31. The van der Waals surface area contributed by atoms with Crippen molar-refractivity contribution in [2.75, 3.05) is 0 Å². The van der Waals surface area contributed by atoms with Crippen LogP contribution in [0.5, 0.6) is 0 Å². The highest BCUT2D eigenvalue weighted by Crippen LogP contribution is 2.26. The molecule has 108 valence electrons. The Balaban J connectivity index is 2.15. The van der Waals surface area contributed by atoms with Crippen molar-refractivity contribution in [1.29, 1.82) is 0 Å². The van der Waals surface area contributed by atoms with Gasteiger partial charge in [0.25, 0.3) is 5.91 Å². The minimum atomic E-state index is -0.445. The summed E-state index contributed by atoms with van der Waals surface area (Å²) in [6, 6.07) is 7.17. The second-order valence-electron chi connectivity index (χ2n) is 4.69. The zero-order valence-electron chi connectivity index (χ0n) is 11.4. The molecule has 0 radical (unpaired) electrons. The molecule has 0 aliphatic rings. The molecule has 0 unspecified atom stereocenters. The molecule has 0 fully saturated rings. The van der Waals surface area contributed by atoms with Crippen LogP contribution in [0.3, 0.4) is 0 Å². The number of amides is 1. The second-order valence-corrected chi connectivity index (χ2v) is 4.69. The maximum atomic E-state index is 12.0. The van der Waals surface area contributed by atoms with Crippen molar-refractivity contribution in [2.45, 2.75) is 6.54 Å². The first-order valence-electron chi connectivity index (χ1n) is 6.35. The monoisotopic (exact) mass is 286 g/mol. The number of furan rings is 1. The highest BCUT2D eigenvalue weighted by molar-refractivity contribution is 6.07. The summed E-state index contributed by atoms with van der Waals surface area (Å²) in [6.07, 6.45) is 3.29. The maximum Gasteiger partial charge on any atom is 0.328 e. The summed E-state index contributed by atoms with van der Waals surface area (Å²) >= 11 is 0. The third-order valence-electron chi connectivity index (χ3n) is 3.36. The molecule has 2 heterocycles. The van der Waals surface area contributed by atoms with Crippen molar-refractivity contribution in [1.82, 2.24) is 14.6 Å². The molecule has 1 amide bonds. The smallest absolute Gasteiger partial charge is 0.328 e. The number of hydrazine groups is 1. The highest BCUT2D eigenvalue weighted by Gasteiger charge is 2.20. The number of aromatic nitrogens is 2. The summed E-state index contributed by atoms with van der Waals surface area (Å²) < 4.78 is 8.62. The molecular formula is C14H14N4O3. The lowest BCUT2D eigenvalue weighted by atomic mass is 10.1. The Kier molecular flexibility index (Phi) is 3.11. The molecule has 1 aromatic carbocycles. The molecule has 0 aliphatic carbocycles. The van der Waals surface area contributed by atoms with Crippen molar-refractivity contribution in [3.05, 3.63) is 58.5 Å². The first-order chi connectivity index (χ1) is 10.1. The van der Waals surface area contributed by atoms with Crippen LogP contribution in [0.2, 0.25) is 0 Å². The number of benzene rings is 1. The van der Waals surface area contributed by atoms with Crippen LogP contribution in [0.4, 0.5) is 0 Å². The van der Waals surface area contributed by atoms with E-state index in [0.29, 0.717) is 22.3 Å². The third kappa shape index (κ3) is 2.13. The normalized spacial score (nSPS) is 11.0. The van der Waals surface area contributed by atoms with Crippen LogP contribution in [0, 0.1) is 0 Å². The lowest BCUT2D eigenvalue weighted by molar-refractivity contribution is 0.0953. The highest BCUT2D eigenvalue weighted by atomic mass is 16.3. The zero-order chi connectivity index (χ0) is 15.0. The van der Waals surface area contributed by atoms with Gasteiger partial charge in [0, 0.05) is 24.8 Å². The third-order valence-corrected chi connectivity index (χ3v) is 3.36. The van der Waals surface area contributed by atoms with Gasteiger partial charge in [0.15, 0.2) is 0 Å². The molecule has 3 N–H and O–H groups in total. The van der Waals surface area contributed by atoms with Gasteiger partial charge in [-0.3, -0.25) is 14.8 Å². The summed E-state index contributed by atoms with van der Waals surface area (Å²) in [5, 5.41) is 0.666. The van der Waals surface area contributed by atoms with E-state index >= 15 is 0 Å². The summed E-state index contributed by atoms with van der Waals surface area (Å²) in [5.41, 5.74) is 2.86. The van der Waals surface area contributed by atoms with Gasteiger partial charge < -0.3 is 8.98 Å². The number of hydrogen-bond acceptors (Lipinski definition) is 4. The number of para-hydroxylation sites is 1. The molecule has 0 saturated heterocycles. The second kappa shape index (κ2) is 4.95. The number of rotatable bonds is 3. The van der Waals surface area contributed by atoms with E-state index in [0.717, 1.165) is 0 Å². The Hall–Kier alpha value is -2.80. The van der Waals surface area contributed by atoms with Crippen molar-refractivity contribution >= 4 is 16.9 Å². The topological polar surface area (TPSA) is 95.2 Å². The number of carbonyl (C=O) groups excluding carboxylic acids is 1. The molecule has 0 atom stereocenters. The zero-order valence-corrected chi connectivity index (χ0v) is 11.4. The van der Waals surface area contributed by atoms with Gasteiger partial charge in [-0.25, -0.2) is 10.6 Å². The number of hydrogen-bond donors (Lipinski definition) is 2. The van der Waals surface area contributed by atoms with Crippen molar-refractivity contribution < 1.29 is 9.21 Å². The van der Waals surface area contributed by atoms with Crippen LogP contribution in [0.15, 0.2) is 45.9 Å². The van der Waals surface area contributed by atoms with Crippen LogP contribution in [0.25, 0.3) is 11.0 Å². The lowest BCUT2D eigenvalue weighted by Crippen LogP contribution is -2.31. The van der Waals surface area contributed by atoms with Crippen LogP contribution in [0.1, 0.15) is 16.1 Å². The molecule has 3 aromatic rings. The van der Waals surface area contributed by atoms with Crippen LogP contribution >= 0.6 is 0 Å². The van der Waals surface area contributed by atoms with E-state index in [1.165, 1.54) is 9.13 Å². The van der Waals surface area contributed by atoms with E-state index in [-0.39, 0.29) is 12.2 Å². The number of aryl methyl sites for hydroxylation is 1. The van der Waals surface area contributed by atoms with Crippen LogP contribution in [-0.2, 0) is 13.6 Å². The molecule has 21 heavy (non-hydrogen) atoms. The first kappa shape index (κ1) is 13.2. The summed E-state index contributed by atoms with van der Waals surface area (Å²) in [5.74, 6) is 5.19. The Bertz CT molecular complexity index is 872. The van der Waals surface area contributed by atoms with E-state index in [2.05, 4.69) is 5.43 Å². The van der Waals surface area contributed by atoms with Gasteiger partial charge in [-0.05, 0) is 6.07 Å². The minimum Gasteiger partial charge on any atom is -0.458 e. The number of carbonyl (C=O) groups is 1. The molecule has 0 bridgehead atoms. The van der Waals surface area contributed by atoms with Gasteiger partial charge in [-0.1, -0.05) is 18.2 Å². The Morgan fingerprint density at radius 2 is 2.10 bits per heavy atom. The predicted molar refractivity (Wildman–Crippen MR) is 76.6 cm³/mol. The maximum absolute atomic E-state index is 12.0. The molecule has 7 heteroatoms. The number of nitrogens with two attached hydrogens (primary N) is 1. The van der Waals surface area contributed by atoms with E-state index in [9.17, 15) is 9.59 Å². The minimum absolute atomic E-state index is 0.164. The molecule has 0 spiro atoms. The van der Waals surface area contributed by atoms with Crippen molar-refractivity contribution in [3.63, 3.8) is 0 Å². The Labute approximate surface area is 119 Å². The molecule has 7 nitrogen and oxygen atoms in total. The summed E-state index contributed by atoms with van der Waals surface area (Å²) in [7, 11) is 1.66. The van der Waals surface area contributed by atoms with Gasteiger partial charge in [0.1, 0.15) is 11.3 Å². The lowest BCUT2D eigenvalue weighted by Gasteiger charge is -2.02. The summed E-state index contributed by atoms with van der Waals surface area (Å²) in [4.78, 5) is 23.9. The van der Waals surface area contributed by atoms with Gasteiger partial charge in [-0.15, -0.1) is 0 Å². The quantitative estimate of drug-likeness (QED) is 0.418. The molecule has 0 saturated carbocycles. The Morgan fingerprint density at radius 1 is 1.33 bits per heavy atom. The Morgan fingerprint density at radius 3 is 2.76 bits per heavy atom. The predicted octanol–water partition coefficient (Wildman–Crippen LogP) is 0.585. The van der Waals surface area contributed by atoms with Gasteiger partial charge >= 0.3 is 5.69 Å². The SMILES string of the molecule is Cn1ccn(Cc2oc3ccccc3c2C(=O)NN)c1=O. The summed E-state index contributed by atoms with van der Waals surface area (Å²) in [6.45, 7) is 0.164. The average Bonchev–Trinajstić information content (AvgIpc) is 3.01. The average molecular weight is 286 g/mol. The number of nitrogen functional groups attached to an aromatic ring is 1. The van der Waals surface area contributed by atoms with Crippen LogP contribution < -0.4 is 17.0 Å². The van der Waals surface area contributed by atoms with E-state index in [1.807, 2.05) is 12.1 Å². The standard InChI is InChI=1S/C14H14N4O3/c1-17-6-7-18(14(17)20)8-11-12(13(19)16-15)9-4-2-3-5-10(9)21-11/h2-7H,8,15H2,1H3,(H,16,19). The number of nitrogens with one attached hydrogen (secondary N) is 1. The number of nitrogens with zero attached hydrogens (tertiary/aromatic N) is 2. The van der Waals surface area contributed by atoms with Crippen molar-refractivity contribution in [2.24, 2.45) is 12.9 Å². The van der Waals surface area contributed by atoms with E-state index in [1.54, 1.807) is 31.6 Å².